The van der Waals surface area contributed by atoms with E-state index < -0.39 is 12.0 Å². The Labute approximate surface area is 93.6 Å². The predicted octanol–water partition coefficient (Wildman–Crippen LogP) is -0.413. The van der Waals surface area contributed by atoms with Gasteiger partial charge in [0.05, 0.1) is 0 Å². The van der Waals surface area contributed by atoms with Crippen LogP contribution in [0, 0.1) is 0 Å². The number of nitrogens with one attached hydrogen (secondary N) is 1. The Morgan fingerprint density at radius 1 is 1.56 bits per heavy atom. The molecular weight excluding hydrogens is 212 g/mol. The number of rotatable bonds is 4. The second-order valence-electron chi connectivity index (χ2n) is 4.14. The van der Waals surface area contributed by atoms with Crippen molar-refractivity contribution < 1.29 is 19.5 Å². The lowest BCUT2D eigenvalue weighted by Crippen LogP contribution is -2.46. The molecule has 1 atom stereocenters. The Bertz CT molecular complexity index is 314. The lowest BCUT2D eigenvalue weighted by molar-refractivity contribution is -0.147. The summed E-state index contributed by atoms with van der Waals surface area (Å²) >= 11 is 0. The van der Waals surface area contributed by atoms with Gasteiger partial charge in [0.1, 0.15) is 12.6 Å². The van der Waals surface area contributed by atoms with Crippen molar-refractivity contribution in [3.8, 4) is 0 Å². The highest BCUT2D eigenvalue weighted by molar-refractivity contribution is 5.91. The van der Waals surface area contributed by atoms with Gasteiger partial charge in [0, 0.05) is 12.5 Å². The summed E-state index contributed by atoms with van der Waals surface area (Å²) in [7, 11) is 0. The van der Waals surface area contributed by atoms with E-state index in [2.05, 4.69) is 5.32 Å². The topological polar surface area (TPSA) is 86.7 Å². The van der Waals surface area contributed by atoms with Crippen LogP contribution in [0.15, 0.2) is 0 Å². The van der Waals surface area contributed by atoms with Crippen LogP contribution in [0.4, 0.5) is 0 Å². The minimum absolute atomic E-state index is 0.0199. The molecule has 0 aromatic rings. The number of hydrogen-bond donors (Lipinski definition) is 2. The van der Waals surface area contributed by atoms with Crippen LogP contribution < -0.4 is 5.32 Å². The van der Waals surface area contributed by atoms with E-state index in [1.54, 1.807) is 13.8 Å². The van der Waals surface area contributed by atoms with Crippen LogP contribution in [0.5, 0.6) is 0 Å². The first-order valence-electron chi connectivity index (χ1n) is 5.23. The zero-order chi connectivity index (χ0) is 12.3. The molecule has 6 nitrogen and oxygen atoms in total. The Morgan fingerprint density at radius 2 is 2.19 bits per heavy atom. The maximum atomic E-state index is 11.4. The minimum Gasteiger partial charge on any atom is -0.480 e. The summed E-state index contributed by atoms with van der Waals surface area (Å²) in [6.45, 7) is 3.44. The molecule has 6 heteroatoms. The number of carboxylic acids is 1. The highest BCUT2D eigenvalue weighted by Crippen LogP contribution is 2.18. The summed E-state index contributed by atoms with van der Waals surface area (Å²) in [5.41, 5.74) is 0. The molecule has 1 fully saturated rings. The molecule has 0 aliphatic carbocycles. The molecule has 0 bridgehead atoms. The Morgan fingerprint density at radius 3 is 2.69 bits per heavy atom. The number of carboxylic acid groups (broad SMARTS) is 1. The zero-order valence-corrected chi connectivity index (χ0v) is 9.40. The molecule has 16 heavy (non-hydrogen) atoms. The van der Waals surface area contributed by atoms with Crippen molar-refractivity contribution in [1.29, 1.82) is 0 Å². The van der Waals surface area contributed by atoms with Crippen molar-refractivity contribution in [2.75, 3.05) is 6.54 Å². The van der Waals surface area contributed by atoms with Crippen LogP contribution in [0.1, 0.15) is 26.7 Å². The molecule has 0 aromatic heterocycles. The number of hydrogen-bond acceptors (Lipinski definition) is 3. The number of amides is 2. The Balaban J connectivity index is 2.60. The van der Waals surface area contributed by atoms with Crippen molar-refractivity contribution in [2.45, 2.75) is 38.8 Å². The lowest BCUT2D eigenvalue weighted by Gasteiger charge is -2.21. The van der Waals surface area contributed by atoms with Gasteiger partial charge < -0.3 is 15.3 Å². The number of likely N-dealkylation sites (tertiary alicyclic amines) is 1. The highest BCUT2D eigenvalue weighted by atomic mass is 16.4. The Kier molecular flexibility index (Phi) is 3.87. The summed E-state index contributed by atoms with van der Waals surface area (Å²) in [5.74, 6) is -1.65. The third-order valence-electron chi connectivity index (χ3n) is 2.38. The van der Waals surface area contributed by atoms with E-state index in [4.69, 9.17) is 5.11 Å². The van der Waals surface area contributed by atoms with E-state index in [9.17, 15) is 14.4 Å². The van der Waals surface area contributed by atoms with Gasteiger partial charge >= 0.3 is 5.97 Å². The van der Waals surface area contributed by atoms with Crippen LogP contribution in [0.25, 0.3) is 0 Å². The SMILES string of the molecule is CC(C)NC(=O)CN1C(=O)CCC1C(=O)O. The van der Waals surface area contributed by atoms with Gasteiger partial charge in [-0.25, -0.2) is 4.79 Å². The lowest BCUT2D eigenvalue weighted by atomic mass is 10.2. The molecule has 0 radical (unpaired) electrons. The summed E-state index contributed by atoms with van der Waals surface area (Å²) in [5, 5.41) is 11.5. The van der Waals surface area contributed by atoms with Crippen molar-refractivity contribution in [1.82, 2.24) is 10.2 Å². The number of aliphatic carboxylic acids is 1. The molecule has 1 rings (SSSR count). The molecule has 1 aliphatic rings. The van der Waals surface area contributed by atoms with E-state index in [0.29, 0.717) is 0 Å². The molecule has 0 spiro atoms. The van der Waals surface area contributed by atoms with E-state index >= 15 is 0 Å². The zero-order valence-electron chi connectivity index (χ0n) is 9.40. The quantitative estimate of drug-likeness (QED) is 0.684. The molecule has 2 amide bonds. The molecule has 90 valence electrons. The minimum atomic E-state index is -1.05. The van der Waals surface area contributed by atoms with Gasteiger partial charge in [-0.15, -0.1) is 0 Å². The molecule has 1 saturated heterocycles. The largest absolute Gasteiger partial charge is 0.480 e. The van der Waals surface area contributed by atoms with Gasteiger partial charge in [0.2, 0.25) is 11.8 Å². The van der Waals surface area contributed by atoms with Crippen molar-refractivity contribution in [3.05, 3.63) is 0 Å². The summed E-state index contributed by atoms with van der Waals surface area (Å²) < 4.78 is 0. The molecule has 1 heterocycles. The first-order valence-corrected chi connectivity index (χ1v) is 5.23. The fourth-order valence-electron chi connectivity index (χ4n) is 1.71. The van der Waals surface area contributed by atoms with Gasteiger partial charge in [-0.1, -0.05) is 0 Å². The maximum absolute atomic E-state index is 11.4. The molecular formula is C10H16N2O4. The van der Waals surface area contributed by atoms with Gasteiger partial charge in [0.25, 0.3) is 0 Å². The summed E-state index contributed by atoms with van der Waals surface area (Å²) in [4.78, 5) is 34.8. The van der Waals surface area contributed by atoms with E-state index in [-0.39, 0.29) is 37.2 Å². The van der Waals surface area contributed by atoms with Gasteiger partial charge in [-0.2, -0.15) is 0 Å². The molecule has 1 aliphatic heterocycles. The summed E-state index contributed by atoms with van der Waals surface area (Å²) in [6.07, 6.45) is 0.481. The second kappa shape index (κ2) is 4.96. The smallest absolute Gasteiger partial charge is 0.326 e. The van der Waals surface area contributed by atoms with Crippen molar-refractivity contribution in [2.24, 2.45) is 0 Å². The first kappa shape index (κ1) is 12.5. The molecule has 1 unspecified atom stereocenters. The second-order valence-corrected chi connectivity index (χ2v) is 4.14. The highest BCUT2D eigenvalue weighted by Gasteiger charge is 2.36. The van der Waals surface area contributed by atoms with Crippen LogP contribution in [-0.2, 0) is 14.4 Å². The fourth-order valence-corrected chi connectivity index (χ4v) is 1.71. The van der Waals surface area contributed by atoms with Crippen molar-refractivity contribution in [3.63, 3.8) is 0 Å². The average molecular weight is 228 g/mol. The fraction of sp³-hybridized carbons (Fsp3) is 0.700. The van der Waals surface area contributed by atoms with Gasteiger partial charge in [-0.3, -0.25) is 9.59 Å². The van der Waals surface area contributed by atoms with Crippen LogP contribution in [0.3, 0.4) is 0 Å². The molecule has 0 saturated carbocycles. The van der Waals surface area contributed by atoms with Gasteiger partial charge in [0.15, 0.2) is 0 Å². The van der Waals surface area contributed by atoms with E-state index in [1.165, 1.54) is 0 Å². The first-order chi connectivity index (χ1) is 7.41. The summed E-state index contributed by atoms with van der Waals surface area (Å²) in [6, 6.07) is -0.876. The average Bonchev–Trinajstić information content (AvgIpc) is 2.46. The standard InChI is InChI=1S/C10H16N2O4/c1-6(2)11-8(13)5-12-7(10(15)16)3-4-9(12)14/h6-7H,3-5H2,1-2H3,(H,11,13)(H,15,16). The monoisotopic (exact) mass is 228 g/mol. The predicted molar refractivity (Wildman–Crippen MR) is 55.6 cm³/mol. The number of carbonyl (C=O) groups is 3. The van der Waals surface area contributed by atoms with E-state index in [1.807, 2.05) is 0 Å². The van der Waals surface area contributed by atoms with Crippen molar-refractivity contribution >= 4 is 17.8 Å². The van der Waals surface area contributed by atoms with E-state index in [0.717, 1.165) is 4.90 Å². The maximum Gasteiger partial charge on any atom is 0.326 e. The Hall–Kier alpha value is -1.59. The van der Waals surface area contributed by atoms with Crippen LogP contribution in [0.2, 0.25) is 0 Å². The third-order valence-corrected chi connectivity index (χ3v) is 2.38. The van der Waals surface area contributed by atoms with Crippen LogP contribution >= 0.6 is 0 Å². The third kappa shape index (κ3) is 2.95. The molecule has 2 N–H and O–H groups in total. The normalized spacial score (nSPS) is 20.3. The molecule has 0 aromatic carbocycles. The number of carbonyl (C=O) groups excluding carboxylic acids is 2. The number of nitrogens with zero attached hydrogens (tertiary/aromatic N) is 1. The van der Waals surface area contributed by atoms with Gasteiger partial charge in [-0.05, 0) is 20.3 Å². The van der Waals surface area contributed by atoms with Crippen LogP contribution in [-0.4, -0.2) is 46.4 Å².